The van der Waals surface area contributed by atoms with E-state index in [4.69, 9.17) is 11.6 Å². The van der Waals surface area contributed by atoms with Crippen molar-refractivity contribution in [2.45, 2.75) is 38.3 Å². The topological polar surface area (TPSA) is 22.6 Å². The predicted molar refractivity (Wildman–Crippen MR) is 89.9 cm³/mol. The molecule has 0 bridgehead atoms. The second-order valence-electron chi connectivity index (χ2n) is 6.54. The van der Waals surface area contributed by atoms with E-state index in [-0.39, 0.29) is 6.54 Å². The zero-order valence-corrected chi connectivity index (χ0v) is 14.3. The van der Waals surface area contributed by atoms with Gasteiger partial charge in [0, 0.05) is 38.8 Å². The molecule has 0 radical (unpaired) electrons. The van der Waals surface area contributed by atoms with Crippen molar-refractivity contribution in [1.29, 1.82) is 0 Å². The molecule has 1 aromatic heterocycles. The lowest BCUT2D eigenvalue weighted by Crippen LogP contribution is -2.54. The lowest BCUT2D eigenvalue weighted by molar-refractivity contribution is 0.0746. The molecule has 3 rings (SSSR count). The van der Waals surface area contributed by atoms with Crippen LogP contribution < -0.4 is 9.80 Å². The van der Waals surface area contributed by atoms with Gasteiger partial charge in [0.05, 0.1) is 12.2 Å². The maximum Gasteiger partial charge on any atom is 0.251 e. The van der Waals surface area contributed by atoms with Crippen molar-refractivity contribution in [3.05, 3.63) is 17.3 Å². The summed E-state index contributed by atoms with van der Waals surface area (Å²) in [4.78, 5) is 11.0. The maximum absolute atomic E-state index is 12.5. The normalized spacial score (nSPS) is 23.5. The first kappa shape index (κ1) is 16.7. The lowest BCUT2D eigenvalue weighted by Gasteiger charge is -2.47. The maximum atomic E-state index is 12.5. The van der Waals surface area contributed by atoms with Gasteiger partial charge in [-0.3, -0.25) is 4.90 Å². The molecule has 2 aliphatic rings. The van der Waals surface area contributed by atoms with Gasteiger partial charge in [0.2, 0.25) is 0 Å². The Balaban J connectivity index is 1.78. The summed E-state index contributed by atoms with van der Waals surface area (Å²) in [6.45, 7) is 4.42. The highest BCUT2D eigenvalue weighted by atomic mass is 35.5. The highest BCUT2D eigenvalue weighted by Gasteiger charge is 2.34. The minimum Gasteiger partial charge on any atom is -0.370 e. The Morgan fingerprint density at radius 3 is 2.65 bits per heavy atom. The number of rotatable bonds is 3. The molecule has 4 nitrogen and oxygen atoms in total. The van der Waals surface area contributed by atoms with Crippen LogP contribution in [0.15, 0.2) is 12.1 Å². The van der Waals surface area contributed by atoms with Crippen molar-refractivity contribution in [1.82, 2.24) is 9.88 Å². The molecule has 7 heteroatoms. The molecule has 1 saturated heterocycles. The summed E-state index contributed by atoms with van der Waals surface area (Å²) in [5.41, 5.74) is 1.09. The molecule has 1 aromatic rings. The number of anilines is 2. The largest absolute Gasteiger partial charge is 0.370 e. The van der Waals surface area contributed by atoms with E-state index in [0.29, 0.717) is 30.3 Å². The van der Waals surface area contributed by atoms with E-state index in [1.54, 1.807) is 0 Å². The molecular formula is C16H23ClF2N4. The number of aromatic nitrogens is 1. The third kappa shape index (κ3) is 3.53. The van der Waals surface area contributed by atoms with Gasteiger partial charge in [-0.15, -0.1) is 0 Å². The van der Waals surface area contributed by atoms with Crippen LogP contribution in [0, 0.1) is 0 Å². The molecule has 1 fully saturated rings. The average molecular weight is 345 g/mol. The number of alkyl halides is 2. The smallest absolute Gasteiger partial charge is 0.251 e. The first-order valence-corrected chi connectivity index (χ1v) is 8.50. The van der Waals surface area contributed by atoms with Crippen LogP contribution in [0.5, 0.6) is 0 Å². The Labute approximate surface area is 141 Å². The number of likely N-dealkylation sites (tertiary alicyclic amines) is 1. The van der Waals surface area contributed by atoms with E-state index in [9.17, 15) is 8.78 Å². The number of piperidine rings is 1. The van der Waals surface area contributed by atoms with Gasteiger partial charge in [-0.05, 0) is 31.9 Å². The molecule has 0 saturated carbocycles. The van der Waals surface area contributed by atoms with Crippen molar-refractivity contribution in [2.24, 2.45) is 0 Å². The summed E-state index contributed by atoms with van der Waals surface area (Å²) in [6.07, 6.45) is -0.488. The van der Waals surface area contributed by atoms with Crippen LogP contribution in [-0.2, 0) is 0 Å². The zero-order valence-electron chi connectivity index (χ0n) is 13.6. The molecule has 128 valence electrons. The van der Waals surface area contributed by atoms with Crippen LogP contribution in [0.4, 0.5) is 20.3 Å². The molecule has 1 atom stereocenters. The first-order valence-electron chi connectivity index (χ1n) is 8.12. The fourth-order valence-corrected chi connectivity index (χ4v) is 3.95. The van der Waals surface area contributed by atoms with Gasteiger partial charge in [0.15, 0.2) is 5.82 Å². The Morgan fingerprint density at radius 1 is 1.30 bits per heavy atom. The van der Waals surface area contributed by atoms with Gasteiger partial charge in [-0.2, -0.15) is 0 Å². The minimum atomic E-state index is -2.25. The monoisotopic (exact) mass is 344 g/mol. The zero-order chi connectivity index (χ0) is 16.6. The molecule has 0 unspecified atom stereocenters. The lowest BCUT2D eigenvalue weighted by atomic mass is 9.99. The van der Waals surface area contributed by atoms with Crippen molar-refractivity contribution in [2.75, 3.05) is 43.0 Å². The number of pyridine rings is 1. The fraction of sp³-hybridized carbons (Fsp3) is 0.688. The molecule has 3 heterocycles. The summed E-state index contributed by atoms with van der Waals surface area (Å²) in [6, 6.07) is 4.48. The third-order valence-corrected chi connectivity index (χ3v) is 5.05. The fourth-order valence-electron chi connectivity index (χ4n) is 3.81. The second-order valence-corrected chi connectivity index (χ2v) is 6.92. The molecule has 23 heavy (non-hydrogen) atoms. The van der Waals surface area contributed by atoms with Crippen molar-refractivity contribution in [3.63, 3.8) is 0 Å². The average Bonchev–Trinajstić information content (AvgIpc) is 2.48. The van der Waals surface area contributed by atoms with E-state index in [1.165, 1.54) is 0 Å². The van der Waals surface area contributed by atoms with Gasteiger partial charge in [0.25, 0.3) is 6.43 Å². The highest BCUT2D eigenvalue weighted by molar-refractivity contribution is 6.29. The van der Waals surface area contributed by atoms with Gasteiger partial charge < -0.3 is 9.80 Å². The minimum absolute atomic E-state index is 0.119. The Bertz CT molecular complexity index is 549. The number of hydrogen-bond donors (Lipinski definition) is 0. The van der Waals surface area contributed by atoms with E-state index < -0.39 is 6.43 Å². The quantitative estimate of drug-likeness (QED) is 0.786. The molecule has 0 N–H and O–H groups in total. The molecule has 0 aromatic carbocycles. The Kier molecular flexibility index (Phi) is 4.92. The summed E-state index contributed by atoms with van der Waals surface area (Å²) in [7, 11) is 2.06. The molecule has 2 aliphatic heterocycles. The number of halogens is 3. The van der Waals surface area contributed by atoms with Crippen molar-refractivity contribution >= 4 is 23.1 Å². The second kappa shape index (κ2) is 6.77. The van der Waals surface area contributed by atoms with Crippen LogP contribution in [0.2, 0.25) is 5.15 Å². The Hall–Kier alpha value is -1.14. The number of nitrogens with zero attached hydrogens (tertiary/aromatic N) is 4. The van der Waals surface area contributed by atoms with Crippen LogP contribution in [0.25, 0.3) is 0 Å². The SMILES string of the molecule is C[C@@H]1CN(C)c2ccc(Cl)nc2N1C1CCN(CC(F)F)CC1. The highest BCUT2D eigenvalue weighted by Crippen LogP contribution is 2.37. The molecule has 0 amide bonds. The molecule has 0 spiro atoms. The number of fused-ring (bicyclic) bond motifs is 1. The molecule has 0 aliphatic carbocycles. The van der Waals surface area contributed by atoms with E-state index in [0.717, 1.165) is 30.9 Å². The van der Waals surface area contributed by atoms with Gasteiger partial charge in [-0.25, -0.2) is 13.8 Å². The van der Waals surface area contributed by atoms with Crippen LogP contribution in [-0.4, -0.2) is 61.6 Å². The van der Waals surface area contributed by atoms with Crippen LogP contribution >= 0.6 is 11.6 Å². The van der Waals surface area contributed by atoms with Gasteiger partial charge in [0.1, 0.15) is 5.15 Å². The predicted octanol–water partition coefficient (Wildman–Crippen LogP) is 3.11. The summed E-state index contributed by atoms with van der Waals surface area (Å²) < 4.78 is 25.1. The van der Waals surface area contributed by atoms with Crippen LogP contribution in [0.3, 0.4) is 0 Å². The van der Waals surface area contributed by atoms with Gasteiger partial charge in [-0.1, -0.05) is 11.6 Å². The molecular weight excluding hydrogens is 322 g/mol. The summed E-state index contributed by atoms with van der Waals surface area (Å²) in [5.74, 6) is 0.922. The van der Waals surface area contributed by atoms with Crippen molar-refractivity contribution < 1.29 is 8.78 Å². The van der Waals surface area contributed by atoms with E-state index in [1.807, 2.05) is 17.0 Å². The standard InChI is InChI=1S/C16H23ClF2N4/c1-11-9-21(2)13-3-4-14(17)20-16(13)23(11)12-5-7-22(8-6-12)10-15(18)19/h3-4,11-12,15H,5-10H2,1-2H3/t11-/m1/s1. The number of likely N-dealkylation sites (N-methyl/N-ethyl adjacent to an activating group) is 1. The first-order chi connectivity index (χ1) is 11.0. The summed E-state index contributed by atoms with van der Waals surface area (Å²) in [5, 5.41) is 0.492. The Morgan fingerprint density at radius 2 is 2.00 bits per heavy atom. The van der Waals surface area contributed by atoms with E-state index >= 15 is 0 Å². The van der Waals surface area contributed by atoms with Crippen molar-refractivity contribution in [3.8, 4) is 0 Å². The van der Waals surface area contributed by atoms with Gasteiger partial charge >= 0.3 is 0 Å². The summed E-state index contributed by atoms with van der Waals surface area (Å²) >= 11 is 6.11. The third-order valence-electron chi connectivity index (χ3n) is 4.84. The van der Waals surface area contributed by atoms with Crippen LogP contribution in [0.1, 0.15) is 19.8 Å². The number of hydrogen-bond acceptors (Lipinski definition) is 4. The van der Waals surface area contributed by atoms with E-state index in [2.05, 4.69) is 28.8 Å².